The lowest BCUT2D eigenvalue weighted by atomic mass is 10.1. The van der Waals surface area contributed by atoms with Gasteiger partial charge in [0.15, 0.2) is 9.84 Å². The van der Waals surface area contributed by atoms with Crippen molar-refractivity contribution >= 4 is 21.4 Å². The van der Waals surface area contributed by atoms with Crippen LogP contribution in [0.5, 0.6) is 0 Å². The molecule has 2 rings (SSSR count). The second-order valence-electron chi connectivity index (χ2n) is 5.78. The summed E-state index contributed by atoms with van der Waals surface area (Å²) in [6.07, 6.45) is 2.16. The number of hydrogen-bond acceptors (Lipinski definition) is 3. The Bertz CT molecular complexity index is 809. The summed E-state index contributed by atoms with van der Waals surface area (Å²) in [6, 6.07) is 12.8. The zero-order valence-corrected chi connectivity index (χ0v) is 14.4. The van der Waals surface area contributed by atoms with Crippen molar-refractivity contribution in [1.29, 1.82) is 0 Å². The number of rotatable bonds is 5. The van der Waals surface area contributed by atoms with Crippen molar-refractivity contribution < 1.29 is 13.2 Å². The van der Waals surface area contributed by atoms with Crippen LogP contribution in [-0.2, 0) is 21.1 Å². The molecular formula is C18H21NO3S. The molecular weight excluding hydrogens is 310 g/mol. The Labute approximate surface area is 137 Å². The third-order valence-electron chi connectivity index (χ3n) is 3.67. The summed E-state index contributed by atoms with van der Waals surface area (Å²) in [4.78, 5) is 12.3. The van der Waals surface area contributed by atoms with E-state index in [1.165, 1.54) is 11.6 Å². The average Bonchev–Trinajstić information content (AvgIpc) is 2.48. The van der Waals surface area contributed by atoms with Gasteiger partial charge < -0.3 is 5.32 Å². The number of aryl methyl sites for hydroxylation is 3. The van der Waals surface area contributed by atoms with E-state index in [9.17, 15) is 13.2 Å². The van der Waals surface area contributed by atoms with Crippen LogP contribution in [0.25, 0.3) is 0 Å². The van der Waals surface area contributed by atoms with Crippen LogP contribution in [-0.4, -0.2) is 20.6 Å². The molecule has 0 saturated heterocycles. The maximum Gasteiger partial charge on any atom is 0.224 e. The lowest BCUT2D eigenvalue weighted by molar-refractivity contribution is -0.116. The van der Waals surface area contributed by atoms with Crippen LogP contribution in [0.4, 0.5) is 5.69 Å². The molecule has 0 spiro atoms. The summed E-state index contributed by atoms with van der Waals surface area (Å²) in [6.45, 7) is 3.86. The van der Waals surface area contributed by atoms with Crippen molar-refractivity contribution in [3.63, 3.8) is 0 Å². The Balaban J connectivity index is 2.04. The zero-order chi connectivity index (χ0) is 17.0. The van der Waals surface area contributed by atoms with Gasteiger partial charge in [-0.2, -0.15) is 0 Å². The molecule has 0 bridgehead atoms. The van der Waals surface area contributed by atoms with Crippen LogP contribution in [0.3, 0.4) is 0 Å². The molecule has 0 radical (unpaired) electrons. The fourth-order valence-corrected chi connectivity index (χ4v) is 2.84. The summed E-state index contributed by atoms with van der Waals surface area (Å²) < 4.78 is 23.2. The molecule has 0 atom stereocenters. The first kappa shape index (κ1) is 17.2. The minimum Gasteiger partial charge on any atom is -0.326 e. The number of carbonyl (C=O) groups is 1. The van der Waals surface area contributed by atoms with E-state index in [4.69, 9.17) is 0 Å². The van der Waals surface area contributed by atoms with E-state index in [1.807, 2.05) is 38.1 Å². The van der Waals surface area contributed by atoms with E-state index in [2.05, 4.69) is 5.32 Å². The molecule has 4 nitrogen and oxygen atoms in total. The molecule has 0 unspecified atom stereocenters. The molecule has 23 heavy (non-hydrogen) atoms. The molecule has 1 amide bonds. The number of carbonyl (C=O) groups excluding carboxylic acids is 1. The van der Waals surface area contributed by atoms with Crippen LogP contribution in [0.1, 0.15) is 23.1 Å². The normalized spacial score (nSPS) is 11.3. The largest absolute Gasteiger partial charge is 0.326 e. The van der Waals surface area contributed by atoms with Crippen molar-refractivity contribution in [2.75, 3.05) is 11.6 Å². The standard InChI is InChI=1S/C18H21NO3S/c1-13-4-7-15(8-5-13)9-11-18(20)19-17-12-16(23(3,21)22)10-6-14(17)2/h4-8,10,12H,9,11H2,1-3H3,(H,19,20). The Morgan fingerprint density at radius 1 is 1.04 bits per heavy atom. The van der Waals surface area contributed by atoms with Gasteiger partial charge in [0, 0.05) is 18.4 Å². The summed E-state index contributed by atoms with van der Waals surface area (Å²) in [5.74, 6) is -0.126. The highest BCUT2D eigenvalue weighted by molar-refractivity contribution is 7.90. The van der Waals surface area contributed by atoms with Crippen LogP contribution in [0.2, 0.25) is 0 Å². The molecule has 2 aromatic rings. The van der Waals surface area contributed by atoms with Crippen LogP contribution < -0.4 is 5.32 Å². The smallest absolute Gasteiger partial charge is 0.224 e. The molecule has 0 heterocycles. The van der Waals surface area contributed by atoms with Crippen LogP contribution >= 0.6 is 0 Å². The van der Waals surface area contributed by atoms with Gasteiger partial charge in [-0.3, -0.25) is 4.79 Å². The van der Waals surface area contributed by atoms with Gasteiger partial charge in [-0.1, -0.05) is 35.9 Å². The van der Waals surface area contributed by atoms with Crippen molar-refractivity contribution in [1.82, 2.24) is 0 Å². The molecule has 0 aliphatic heterocycles. The van der Waals surface area contributed by atoms with Gasteiger partial charge >= 0.3 is 0 Å². The Hall–Kier alpha value is -2.14. The van der Waals surface area contributed by atoms with Gasteiger partial charge in [-0.15, -0.1) is 0 Å². The SMILES string of the molecule is Cc1ccc(CCC(=O)Nc2cc(S(C)(=O)=O)ccc2C)cc1. The predicted molar refractivity (Wildman–Crippen MR) is 92.4 cm³/mol. The Morgan fingerprint density at radius 2 is 1.70 bits per heavy atom. The molecule has 5 heteroatoms. The molecule has 0 fully saturated rings. The third-order valence-corrected chi connectivity index (χ3v) is 4.78. The van der Waals surface area contributed by atoms with Crippen molar-refractivity contribution in [2.45, 2.75) is 31.6 Å². The number of sulfone groups is 1. The quantitative estimate of drug-likeness (QED) is 0.914. The molecule has 2 aromatic carbocycles. The molecule has 0 aliphatic carbocycles. The van der Waals surface area contributed by atoms with Gasteiger partial charge in [-0.05, 0) is 43.5 Å². The molecule has 0 aromatic heterocycles. The highest BCUT2D eigenvalue weighted by atomic mass is 32.2. The van der Waals surface area contributed by atoms with Crippen molar-refractivity contribution in [3.05, 3.63) is 59.2 Å². The lowest BCUT2D eigenvalue weighted by Gasteiger charge is -2.10. The second-order valence-corrected chi connectivity index (χ2v) is 7.80. The van der Waals surface area contributed by atoms with Gasteiger partial charge in [0.05, 0.1) is 4.90 Å². The number of hydrogen-bond donors (Lipinski definition) is 1. The topological polar surface area (TPSA) is 63.2 Å². The summed E-state index contributed by atoms with van der Waals surface area (Å²) >= 11 is 0. The summed E-state index contributed by atoms with van der Waals surface area (Å²) in [5.41, 5.74) is 3.67. The van der Waals surface area contributed by atoms with E-state index in [1.54, 1.807) is 12.1 Å². The van der Waals surface area contributed by atoms with E-state index in [-0.39, 0.29) is 10.8 Å². The highest BCUT2D eigenvalue weighted by Gasteiger charge is 2.11. The van der Waals surface area contributed by atoms with Crippen molar-refractivity contribution in [2.24, 2.45) is 0 Å². The fourth-order valence-electron chi connectivity index (χ4n) is 2.19. The van der Waals surface area contributed by atoms with E-state index < -0.39 is 9.84 Å². The van der Waals surface area contributed by atoms with E-state index in [0.717, 1.165) is 17.4 Å². The lowest BCUT2D eigenvalue weighted by Crippen LogP contribution is -2.13. The van der Waals surface area contributed by atoms with Gasteiger partial charge in [0.25, 0.3) is 0 Å². The van der Waals surface area contributed by atoms with Crippen LogP contribution in [0, 0.1) is 13.8 Å². The molecule has 122 valence electrons. The summed E-state index contributed by atoms with van der Waals surface area (Å²) in [5, 5.41) is 2.80. The Kier molecular flexibility index (Phi) is 5.21. The predicted octanol–water partition coefficient (Wildman–Crippen LogP) is 3.28. The highest BCUT2D eigenvalue weighted by Crippen LogP contribution is 2.20. The first-order valence-corrected chi connectivity index (χ1v) is 9.31. The second kappa shape index (κ2) is 6.96. The number of benzene rings is 2. The third kappa shape index (κ3) is 4.93. The van der Waals surface area contributed by atoms with Crippen molar-refractivity contribution in [3.8, 4) is 0 Å². The Morgan fingerprint density at radius 3 is 2.30 bits per heavy atom. The van der Waals surface area contributed by atoms with Gasteiger partial charge in [0.2, 0.25) is 5.91 Å². The first-order valence-electron chi connectivity index (χ1n) is 7.42. The monoisotopic (exact) mass is 331 g/mol. The maximum absolute atomic E-state index is 12.1. The molecule has 0 aliphatic rings. The van der Waals surface area contributed by atoms with Crippen LogP contribution in [0.15, 0.2) is 47.4 Å². The van der Waals surface area contributed by atoms with E-state index >= 15 is 0 Å². The average molecular weight is 331 g/mol. The summed E-state index contributed by atoms with van der Waals surface area (Å²) in [7, 11) is -3.29. The zero-order valence-electron chi connectivity index (χ0n) is 13.6. The number of nitrogens with one attached hydrogen (secondary N) is 1. The van der Waals surface area contributed by atoms with Gasteiger partial charge in [-0.25, -0.2) is 8.42 Å². The maximum atomic E-state index is 12.1. The van der Waals surface area contributed by atoms with Gasteiger partial charge in [0.1, 0.15) is 0 Å². The number of amides is 1. The molecule has 0 saturated carbocycles. The minimum atomic E-state index is -3.29. The number of anilines is 1. The molecule has 1 N–H and O–H groups in total. The minimum absolute atomic E-state index is 0.126. The van der Waals surface area contributed by atoms with E-state index in [0.29, 0.717) is 18.5 Å². The first-order chi connectivity index (χ1) is 10.8. The fraction of sp³-hybridized carbons (Fsp3) is 0.278.